The Morgan fingerprint density at radius 2 is 1.93 bits per heavy atom. The summed E-state index contributed by atoms with van der Waals surface area (Å²) < 4.78 is 10.8. The lowest BCUT2D eigenvalue weighted by Gasteiger charge is -2.38. The number of hydrogen-bond donors (Lipinski definition) is 1. The van der Waals surface area contributed by atoms with E-state index in [1.807, 2.05) is 18.2 Å². The van der Waals surface area contributed by atoms with Gasteiger partial charge in [0, 0.05) is 37.3 Å². The van der Waals surface area contributed by atoms with Gasteiger partial charge in [0.25, 0.3) is 0 Å². The number of esters is 1. The first kappa shape index (κ1) is 20.3. The van der Waals surface area contributed by atoms with E-state index in [-0.39, 0.29) is 12.0 Å². The second-order valence-corrected chi connectivity index (χ2v) is 7.92. The third kappa shape index (κ3) is 3.64. The summed E-state index contributed by atoms with van der Waals surface area (Å²) >= 11 is 0. The fraction of sp³-hybridized carbons (Fsp3) is 0.400. The van der Waals surface area contributed by atoms with Crippen molar-refractivity contribution in [2.24, 2.45) is 5.92 Å². The maximum Gasteiger partial charge on any atom is 0.308 e. The molecule has 1 aliphatic heterocycles. The Morgan fingerprint density at radius 3 is 2.63 bits per heavy atom. The lowest BCUT2D eigenvalue weighted by molar-refractivity contribution is -0.132. The molecule has 0 spiro atoms. The second kappa shape index (κ2) is 8.42. The van der Waals surface area contributed by atoms with Gasteiger partial charge in [0.15, 0.2) is 11.5 Å². The highest BCUT2D eigenvalue weighted by atomic mass is 16.6. The molecule has 0 fully saturated rings. The normalized spacial score (nSPS) is 21.4. The van der Waals surface area contributed by atoms with Crippen LogP contribution < -0.4 is 19.7 Å². The quantitative estimate of drug-likeness (QED) is 0.401. The van der Waals surface area contributed by atoms with Crippen molar-refractivity contribution < 1.29 is 14.3 Å². The van der Waals surface area contributed by atoms with Crippen molar-refractivity contribution in [2.75, 3.05) is 30.4 Å². The van der Waals surface area contributed by atoms with Gasteiger partial charge in [-0.1, -0.05) is 18.2 Å². The van der Waals surface area contributed by atoms with Gasteiger partial charge in [0.2, 0.25) is 0 Å². The molecule has 3 atom stereocenters. The van der Waals surface area contributed by atoms with Crippen LogP contribution in [-0.4, -0.2) is 26.2 Å². The van der Waals surface area contributed by atoms with Gasteiger partial charge >= 0.3 is 5.97 Å². The van der Waals surface area contributed by atoms with Crippen molar-refractivity contribution in [2.45, 2.75) is 39.2 Å². The van der Waals surface area contributed by atoms with Gasteiger partial charge < -0.3 is 19.7 Å². The maximum absolute atomic E-state index is 11.4. The number of carbonyl (C=O) groups is 1. The Labute approximate surface area is 178 Å². The van der Waals surface area contributed by atoms with Crippen molar-refractivity contribution in [3.05, 3.63) is 59.7 Å². The molecule has 1 heterocycles. The average Bonchev–Trinajstić information content (AvgIpc) is 3.24. The molecule has 5 heteroatoms. The molecule has 158 valence electrons. The summed E-state index contributed by atoms with van der Waals surface area (Å²) in [5, 5.41) is 3.78. The number of methoxy groups -OCH3 is 1. The zero-order chi connectivity index (χ0) is 21.3. The number of hydrogen-bond acceptors (Lipinski definition) is 5. The summed E-state index contributed by atoms with van der Waals surface area (Å²) in [6.07, 6.45) is 5.69. The first-order valence-electron chi connectivity index (χ1n) is 10.7. The molecule has 2 aromatic rings. The Morgan fingerprint density at radius 1 is 1.13 bits per heavy atom. The van der Waals surface area contributed by atoms with Crippen molar-refractivity contribution in [1.82, 2.24) is 0 Å². The third-order valence-electron chi connectivity index (χ3n) is 6.28. The SMILES string of the molecule is CCN(CC)c1ccc2c(c1)C1C=CCC1C(c1ccc(OC(C)=O)c(OC)c1)N2. The molecule has 0 saturated heterocycles. The van der Waals surface area contributed by atoms with Gasteiger partial charge in [-0.15, -0.1) is 0 Å². The number of anilines is 2. The standard InChI is InChI=1S/C25H30N2O3/c1-5-27(6-2)18-11-12-22-21(15-18)19-8-7-9-20(19)25(26-22)17-10-13-23(30-16(3)28)24(14-17)29-4/h7-8,10-15,19-20,25-26H,5-6,9H2,1-4H3. The molecule has 0 radical (unpaired) electrons. The van der Waals surface area contributed by atoms with Crippen LogP contribution in [0.25, 0.3) is 0 Å². The molecule has 30 heavy (non-hydrogen) atoms. The van der Waals surface area contributed by atoms with E-state index in [1.165, 1.54) is 23.9 Å². The van der Waals surface area contributed by atoms with Crippen molar-refractivity contribution >= 4 is 17.3 Å². The third-order valence-corrected chi connectivity index (χ3v) is 6.28. The predicted molar refractivity (Wildman–Crippen MR) is 121 cm³/mol. The maximum atomic E-state index is 11.4. The van der Waals surface area contributed by atoms with E-state index in [1.54, 1.807) is 7.11 Å². The number of rotatable bonds is 6. The molecular weight excluding hydrogens is 376 g/mol. The largest absolute Gasteiger partial charge is 0.493 e. The number of allylic oxidation sites excluding steroid dienone is 2. The first-order chi connectivity index (χ1) is 14.5. The van der Waals surface area contributed by atoms with E-state index >= 15 is 0 Å². The van der Waals surface area contributed by atoms with Crippen molar-refractivity contribution in [1.29, 1.82) is 0 Å². The average molecular weight is 407 g/mol. The van der Waals surface area contributed by atoms with Gasteiger partial charge in [-0.25, -0.2) is 0 Å². The zero-order valence-electron chi connectivity index (χ0n) is 18.1. The minimum absolute atomic E-state index is 0.164. The molecule has 0 saturated carbocycles. The fourth-order valence-electron chi connectivity index (χ4n) is 4.81. The van der Waals surface area contributed by atoms with Crippen LogP contribution in [0.15, 0.2) is 48.6 Å². The van der Waals surface area contributed by atoms with E-state index in [4.69, 9.17) is 9.47 Å². The number of carbonyl (C=O) groups excluding carboxylic acids is 1. The molecule has 3 unspecified atom stereocenters. The van der Waals surface area contributed by atoms with E-state index < -0.39 is 0 Å². The number of benzene rings is 2. The summed E-state index contributed by atoms with van der Waals surface area (Å²) in [5.74, 6) is 1.51. The summed E-state index contributed by atoms with van der Waals surface area (Å²) in [4.78, 5) is 13.8. The molecular formula is C25H30N2O3. The van der Waals surface area contributed by atoms with E-state index in [2.05, 4.69) is 54.4 Å². The van der Waals surface area contributed by atoms with Crippen LogP contribution in [0.4, 0.5) is 11.4 Å². The Hall–Kier alpha value is -2.95. The Balaban J connectivity index is 1.69. The minimum Gasteiger partial charge on any atom is -0.493 e. The van der Waals surface area contributed by atoms with Crippen LogP contribution in [-0.2, 0) is 4.79 Å². The highest BCUT2D eigenvalue weighted by Gasteiger charge is 2.38. The van der Waals surface area contributed by atoms with Crippen molar-refractivity contribution in [3.63, 3.8) is 0 Å². The van der Waals surface area contributed by atoms with Gasteiger partial charge in [0.1, 0.15) is 0 Å². The fourth-order valence-corrected chi connectivity index (χ4v) is 4.81. The van der Waals surface area contributed by atoms with E-state index in [0.717, 1.165) is 25.1 Å². The van der Waals surface area contributed by atoms with E-state index in [9.17, 15) is 4.79 Å². The van der Waals surface area contributed by atoms with Gasteiger partial charge in [-0.05, 0) is 67.6 Å². The van der Waals surface area contributed by atoms with Crippen LogP contribution in [0, 0.1) is 5.92 Å². The first-order valence-corrected chi connectivity index (χ1v) is 10.7. The van der Waals surface area contributed by atoms with Crippen LogP contribution in [0.3, 0.4) is 0 Å². The Kier molecular flexibility index (Phi) is 5.71. The summed E-state index contributed by atoms with van der Waals surface area (Å²) in [5.41, 5.74) is 4.98. The second-order valence-electron chi connectivity index (χ2n) is 7.92. The summed E-state index contributed by atoms with van der Waals surface area (Å²) in [6, 6.07) is 12.8. The highest BCUT2D eigenvalue weighted by molar-refractivity contribution is 5.71. The molecule has 5 nitrogen and oxygen atoms in total. The number of nitrogens with zero attached hydrogens (tertiary/aromatic N) is 1. The van der Waals surface area contributed by atoms with Crippen LogP contribution in [0.2, 0.25) is 0 Å². The van der Waals surface area contributed by atoms with Gasteiger partial charge in [-0.2, -0.15) is 0 Å². The van der Waals surface area contributed by atoms with Gasteiger partial charge in [0.05, 0.1) is 13.2 Å². The molecule has 1 N–H and O–H groups in total. The lowest BCUT2D eigenvalue weighted by Crippen LogP contribution is -2.29. The molecule has 0 bridgehead atoms. The summed E-state index contributed by atoms with van der Waals surface area (Å²) in [7, 11) is 1.60. The smallest absolute Gasteiger partial charge is 0.308 e. The van der Waals surface area contributed by atoms with E-state index in [0.29, 0.717) is 23.3 Å². The Bertz CT molecular complexity index is 965. The number of nitrogens with one attached hydrogen (secondary N) is 1. The topological polar surface area (TPSA) is 50.8 Å². The number of ether oxygens (including phenoxy) is 2. The highest BCUT2D eigenvalue weighted by Crippen LogP contribution is 2.51. The molecule has 0 amide bonds. The summed E-state index contributed by atoms with van der Waals surface area (Å²) in [6.45, 7) is 7.80. The van der Waals surface area contributed by atoms with Gasteiger partial charge in [-0.3, -0.25) is 4.79 Å². The zero-order valence-corrected chi connectivity index (χ0v) is 18.1. The molecule has 1 aliphatic carbocycles. The van der Waals surface area contributed by atoms with Crippen LogP contribution >= 0.6 is 0 Å². The minimum atomic E-state index is -0.352. The molecule has 4 rings (SSSR count). The van der Waals surface area contributed by atoms with Crippen LogP contribution in [0.5, 0.6) is 11.5 Å². The van der Waals surface area contributed by atoms with Crippen LogP contribution in [0.1, 0.15) is 50.3 Å². The molecule has 0 aromatic heterocycles. The monoisotopic (exact) mass is 406 g/mol. The molecule has 2 aliphatic rings. The lowest BCUT2D eigenvalue weighted by atomic mass is 9.77. The number of fused-ring (bicyclic) bond motifs is 3. The predicted octanol–water partition coefficient (Wildman–Crippen LogP) is 5.29. The van der Waals surface area contributed by atoms with Crippen molar-refractivity contribution in [3.8, 4) is 11.5 Å². The molecule has 2 aromatic carbocycles.